The molecule has 5 rings (SSSR count). The first-order valence-electron chi connectivity index (χ1n) is 12.5. The third-order valence-corrected chi connectivity index (χ3v) is 6.29. The fourth-order valence-electron chi connectivity index (χ4n) is 4.30. The van der Waals surface area contributed by atoms with E-state index >= 15 is 0 Å². The Morgan fingerprint density at radius 2 is 1.77 bits per heavy atom. The van der Waals surface area contributed by atoms with Crippen LogP contribution in [0.2, 0.25) is 0 Å². The van der Waals surface area contributed by atoms with Crippen LogP contribution in [-0.2, 0) is 0 Å². The van der Waals surface area contributed by atoms with Crippen LogP contribution >= 0.6 is 0 Å². The number of amides is 2. The number of hydrogen-bond acceptors (Lipinski definition) is 6. The fourth-order valence-corrected chi connectivity index (χ4v) is 4.30. The summed E-state index contributed by atoms with van der Waals surface area (Å²) in [4.78, 5) is 18.8. The van der Waals surface area contributed by atoms with Gasteiger partial charge >= 0.3 is 6.03 Å². The fraction of sp³-hybridized carbons (Fsp3) is 0.207. The first kappa shape index (κ1) is 25.9. The van der Waals surface area contributed by atoms with Gasteiger partial charge in [-0.25, -0.2) is 13.6 Å². The summed E-state index contributed by atoms with van der Waals surface area (Å²) in [5, 5.41) is 15.2. The van der Waals surface area contributed by atoms with Crippen LogP contribution in [0, 0.1) is 23.0 Å². The van der Waals surface area contributed by atoms with Gasteiger partial charge in [-0.3, -0.25) is 9.88 Å². The van der Waals surface area contributed by atoms with Crippen molar-refractivity contribution >= 4 is 28.3 Å². The molecule has 1 aliphatic rings. The SMILES string of the molecule is N#Cc1cc2c(Oc3ccc(NC(=O)Nc4ccc(F)cc4)c(F)c3)ccnc2cc1OCN1CCCCC1. The topological polar surface area (TPSA) is 99.5 Å². The molecule has 0 bridgehead atoms. The highest BCUT2D eigenvalue weighted by Crippen LogP contribution is 2.34. The number of pyridine rings is 1. The predicted molar refractivity (Wildman–Crippen MR) is 143 cm³/mol. The molecule has 198 valence electrons. The molecule has 0 atom stereocenters. The Hall–Kier alpha value is -4.75. The van der Waals surface area contributed by atoms with E-state index in [1.165, 1.54) is 42.8 Å². The van der Waals surface area contributed by atoms with Crippen molar-refractivity contribution in [2.75, 3.05) is 30.5 Å². The second-order valence-electron chi connectivity index (χ2n) is 9.07. The van der Waals surface area contributed by atoms with Gasteiger partial charge in [-0.1, -0.05) is 6.42 Å². The van der Waals surface area contributed by atoms with Gasteiger partial charge in [0.2, 0.25) is 0 Å². The first-order chi connectivity index (χ1) is 19.0. The average molecular weight is 530 g/mol. The molecule has 1 aliphatic heterocycles. The molecule has 0 spiro atoms. The maximum Gasteiger partial charge on any atom is 0.323 e. The van der Waals surface area contributed by atoms with Crippen LogP contribution < -0.4 is 20.1 Å². The van der Waals surface area contributed by atoms with E-state index in [9.17, 15) is 18.8 Å². The average Bonchev–Trinajstić information content (AvgIpc) is 2.95. The number of aromatic nitrogens is 1. The summed E-state index contributed by atoms with van der Waals surface area (Å²) in [6, 6.07) is 15.7. The Morgan fingerprint density at radius 1 is 0.974 bits per heavy atom. The van der Waals surface area contributed by atoms with Crippen LogP contribution in [0.25, 0.3) is 10.9 Å². The van der Waals surface area contributed by atoms with Crippen LogP contribution in [0.1, 0.15) is 24.8 Å². The Balaban J connectivity index is 1.29. The smallest absolute Gasteiger partial charge is 0.323 e. The Kier molecular flexibility index (Phi) is 7.80. The molecule has 1 saturated heterocycles. The van der Waals surface area contributed by atoms with Crippen molar-refractivity contribution in [1.29, 1.82) is 5.26 Å². The molecule has 2 N–H and O–H groups in total. The maximum atomic E-state index is 14.8. The van der Waals surface area contributed by atoms with E-state index in [2.05, 4.69) is 26.6 Å². The van der Waals surface area contributed by atoms with Gasteiger partial charge < -0.3 is 20.1 Å². The minimum Gasteiger partial charge on any atom is -0.477 e. The summed E-state index contributed by atoms with van der Waals surface area (Å²) < 4.78 is 39.7. The van der Waals surface area contributed by atoms with E-state index in [0.29, 0.717) is 40.4 Å². The lowest BCUT2D eigenvalue weighted by molar-refractivity contribution is 0.106. The van der Waals surface area contributed by atoms with Crippen LogP contribution in [0.15, 0.2) is 66.9 Å². The van der Waals surface area contributed by atoms with Gasteiger partial charge in [0.15, 0.2) is 0 Å². The molecule has 0 aliphatic carbocycles. The lowest BCUT2D eigenvalue weighted by Crippen LogP contribution is -2.33. The number of benzene rings is 3. The van der Waals surface area contributed by atoms with Crippen LogP contribution in [-0.4, -0.2) is 35.7 Å². The number of likely N-dealkylation sites (tertiary alicyclic amines) is 1. The molecule has 10 heteroatoms. The predicted octanol–water partition coefficient (Wildman–Crippen LogP) is 6.64. The van der Waals surface area contributed by atoms with Gasteiger partial charge in [0.1, 0.15) is 41.7 Å². The third-order valence-electron chi connectivity index (χ3n) is 6.29. The largest absolute Gasteiger partial charge is 0.477 e. The van der Waals surface area contributed by atoms with Crippen molar-refractivity contribution in [2.24, 2.45) is 0 Å². The number of anilines is 2. The van der Waals surface area contributed by atoms with E-state index in [4.69, 9.17) is 9.47 Å². The van der Waals surface area contributed by atoms with Gasteiger partial charge in [0.25, 0.3) is 0 Å². The van der Waals surface area contributed by atoms with Gasteiger partial charge in [-0.15, -0.1) is 0 Å². The molecule has 2 heterocycles. The third kappa shape index (κ3) is 6.40. The number of ether oxygens (including phenoxy) is 2. The number of urea groups is 1. The molecule has 4 aromatic rings. The van der Waals surface area contributed by atoms with E-state index in [-0.39, 0.29) is 11.4 Å². The molecule has 0 saturated carbocycles. The molecular formula is C29H25F2N5O3. The quantitative estimate of drug-likeness (QED) is 0.278. The highest BCUT2D eigenvalue weighted by molar-refractivity contribution is 5.99. The molecule has 3 aromatic carbocycles. The van der Waals surface area contributed by atoms with Gasteiger partial charge in [-0.2, -0.15) is 5.26 Å². The van der Waals surface area contributed by atoms with E-state index in [1.54, 1.807) is 24.4 Å². The number of nitrogens with zero attached hydrogens (tertiary/aromatic N) is 3. The van der Waals surface area contributed by atoms with Crippen LogP contribution in [0.3, 0.4) is 0 Å². The first-order valence-corrected chi connectivity index (χ1v) is 12.5. The summed E-state index contributed by atoms with van der Waals surface area (Å²) in [6.07, 6.45) is 5.05. The van der Waals surface area contributed by atoms with Crippen molar-refractivity contribution in [2.45, 2.75) is 19.3 Å². The highest BCUT2D eigenvalue weighted by atomic mass is 19.1. The molecule has 1 fully saturated rings. The number of hydrogen-bond donors (Lipinski definition) is 2. The van der Waals surface area contributed by atoms with Crippen molar-refractivity contribution in [3.05, 3.63) is 84.1 Å². The van der Waals surface area contributed by atoms with Crippen molar-refractivity contribution in [1.82, 2.24) is 9.88 Å². The number of carbonyl (C=O) groups excluding carboxylic acids is 1. The molecular weight excluding hydrogens is 504 g/mol. The molecule has 2 amide bonds. The molecule has 39 heavy (non-hydrogen) atoms. The van der Waals surface area contributed by atoms with E-state index < -0.39 is 17.7 Å². The minimum absolute atomic E-state index is 0.0659. The summed E-state index contributed by atoms with van der Waals surface area (Å²) in [7, 11) is 0. The van der Waals surface area contributed by atoms with Crippen molar-refractivity contribution < 1.29 is 23.0 Å². The summed E-state index contributed by atoms with van der Waals surface area (Å²) in [6.45, 7) is 2.34. The number of halogens is 2. The van der Waals surface area contributed by atoms with Gasteiger partial charge in [0.05, 0.1) is 16.8 Å². The monoisotopic (exact) mass is 529 g/mol. The Morgan fingerprint density at radius 3 is 2.51 bits per heavy atom. The zero-order valence-corrected chi connectivity index (χ0v) is 20.9. The maximum absolute atomic E-state index is 14.8. The number of rotatable bonds is 7. The summed E-state index contributed by atoms with van der Waals surface area (Å²) in [5.74, 6) is -0.136. The summed E-state index contributed by atoms with van der Waals surface area (Å²) >= 11 is 0. The standard InChI is InChI=1S/C29H25F2N5O3/c30-20-4-6-21(7-5-20)34-29(37)35-25-9-8-22(15-24(25)31)39-27-10-11-33-26-16-28(19(17-32)14-23(26)27)38-18-36-12-2-1-3-13-36/h4-11,14-16H,1-3,12-13,18H2,(H2,34,35,37). The van der Waals surface area contributed by atoms with Crippen molar-refractivity contribution in [3.63, 3.8) is 0 Å². The van der Waals surface area contributed by atoms with Crippen LogP contribution in [0.4, 0.5) is 25.0 Å². The summed E-state index contributed by atoms with van der Waals surface area (Å²) in [5.41, 5.74) is 1.20. The second kappa shape index (κ2) is 11.8. The molecule has 0 unspecified atom stereocenters. The van der Waals surface area contributed by atoms with Crippen LogP contribution in [0.5, 0.6) is 17.2 Å². The van der Waals surface area contributed by atoms with Gasteiger partial charge in [0, 0.05) is 42.5 Å². The number of fused-ring (bicyclic) bond motifs is 1. The van der Waals surface area contributed by atoms with E-state index in [1.807, 2.05) is 0 Å². The van der Waals surface area contributed by atoms with Crippen molar-refractivity contribution in [3.8, 4) is 23.3 Å². The molecule has 0 radical (unpaired) electrons. The van der Waals surface area contributed by atoms with E-state index in [0.717, 1.165) is 32.0 Å². The normalized spacial score (nSPS) is 13.5. The highest BCUT2D eigenvalue weighted by Gasteiger charge is 2.15. The zero-order valence-electron chi connectivity index (χ0n) is 20.9. The molecule has 1 aromatic heterocycles. The second-order valence-corrected chi connectivity index (χ2v) is 9.07. The number of carbonyl (C=O) groups is 1. The lowest BCUT2D eigenvalue weighted by Gasteiger charge is -2.26. The Bertz CT molecular complexity index is 1530. The zero-order chi connectivity index (χ0) is 27.2. The molecule has 8 nitrogen and oxygen atoms in total. The number of nitriles is 1. The lowest BCUT2D eigenvalue weighted by atomic mass is 10.1. The Labute approximate surface area is 223 Å². The number of piperidine rings is 1. The number of nitrogens with one attached hydrogen (secondary N) is 2. The minimum atomic E-state index is -0.716. The van der Waals surface area contributed by atoms with Gasteiger partial charge in [-0.05, 0) is 61.4 Å².